The van der Waals surface area contributed by atoms with E-state index < -0.39 is 0 Å². The Balaban J connectivity index is 2.17. The van der Waals surface area contributed by atoms with Crippen molar-refractivity contribution in [2.75, 3.05) is 6.61 Å². The molecular formula is C14H12FN3O. The van der Waals surface area contributed by atoms with E-state index >= 15 is 0 Å². The Morgan fingerprint density at radius 3 is 3.05 bits per heavy atom. The van der Waals surface area contributed by atoms with Gasteiger partial charge in [0.15, 0.2) is 0 Å². The summed E-state index contributed by atoms with van der Waals surface area (Å²) in [7, 11) is 0. The Labute approximate surface area is 109 Å². The number of aliphatic hydroxyl groups is 1. The summed E-state index contributed by atoms with van der Waals surface area (Å²) in [5.41, 5.74) is 2.24. The van der Waals surface area contributed by atoms with Gasteiger partial charge < -0.3 is 5.11 Å². The average Bonchev–Trinajstić information content (AvgIpc) is 2.86. The third-order valence-electron chi connectivity index (χ3n) is 2.94. The van der Waals surface area contributed by atoms with Gasteiger partial charge in [-0.15, -0.1) is 0 Å². The van der Waals surface area contributed by atoms with Gasteiger partial charge in [-0.2, -0.15) is 5.10 Å². The molecule has 3 rings (SSSR count). The van der Waals surface area contributed by atoms with Crippen molar-refractivity contribution >= 4 is 10.9 Å². The van der Waals surface area contributed by atoms with Gasteiger partial charge >= 0.3 is 0 Å². The number of aromatic nitrogens is 3. The minimum atomic E-state index is -0.301. The summed E-state index contributed by atoms with van der Waals surface area (Å²) in [6.07, 6.45) is 5.11. The second-order valence-electron chi connectivity index (χ2n) is 4.24. The summed E-state index contributed by atoms with van der Waals surface area (Å²) >= 11 is 0. The monoisotopic (exact) mass is 257 g/mol. The molecule has 4 nitrogen and oxygen atoms in total. The molecule has 96 valence electrons. The lowest BCUT2D eigenvalue weighted by atomic mass is 10.0. The van der Waals surface area contributed by atoms with E-state index in [0.29, 0.717) is 12.1 Å². The van der Waals surface area contributed by atoms with Gasteiger partial charge in [-0.3, -0.25) is 9.67 Å². The van der Waals surface area contributed by atoms with Crippen LogP contribution in [0.4, 0.5) is 4.39 Å². The zero-order valence-corrected chi connectivity index (χ0v) is 10.1. The molecule has 0 saturated heterocycles. The Morgan fingerprint density at radius 2 is 2.21 bits per heavy atom. The molecule has 0 amide bonds. The zero-order valence-electron chi connectivity index (χ0n) is 10.1. The van der Waals surface area contributed by atoms with E-state index in [0.717, 1.165) is 16.5 Å². The standard InChI is InChI=1S/C14H12FN3O/c15-12-6-10-2-1-3-16-14(10)13(7-12)11-8-17-18(9-11)4-5-19/h1-3,6-9,19H,4-5H2. The molecule has 1 N–H and O–H groups in total. The van der Waals surface area contributed by atoms with Crippen LogP contribution in [0.1, 0.15) is 0 Å². The molecule has 5 heteroatoms. The quantitative estimate of drug-likeness (QED) is 0.782. The number of halogens is 1. The van der Waals surface area contributed by atoms with Crippen LogP contribution in [0.3, 0.4) is 0 Å². The van der Waals surface area contributed by atoms with Gasteiger partial charge in [0.1, 0.15) is 5.82 Å². The van der Waals surface area contributed by atoms with E-state index in [1.54, 1.807) is 29.3 Å². The summed E-state index contributed by atoms with van der Waals surface area (Å²) < 4.78 is 15.3. The van der Waals surface area contributed by atoms with Crippen LogP contribution in [-0.4, -0.2) is 26.5 Å². The Kier molecular flexibility index (Phi) is 2.97. The summed E-state index contributed by atoms with van der Waals surface area (Å²) in [5.74, 6) is -0.301. The number of fused-ring (bicyclic) bond motifs is 1. The fourth-order valence-corrected chi connectivity index (χ4v) is 2.10. The zero-order chi connectivity index (χ0) is 13.2. The Hall–Kier alpha value is -2.27. The van der Waals surface area contributed by atoms with E-state index in [-0.39, 0.29) is 12.4 Å². The Morgan fingerprint density at radius 1 is 1.32 bits per heavy atom. The molecule has 0 atom stereocenters. The van der Waals surface area contributed by atoms with Crippen LogP contribution in [0.5, 0.6) is 0 Å². The lowest BCUT2D eigenvalue weighted by Gasteiger charge is -2.04. The van der Waals surface area contributed by atoms with Crippen molar-refractivity contribution in [3.05, 3.63) is 48.7 Å². The van der Waals surface area contributed by atoms with Gasteiger partial charge in [0.05, 0.1) is 24.9 Å². The average molecular weight is 257 g/mol. The highest BCUT2D eigenvalue weighted by molar-refractivity contribution is 5.93. The van der Waals surface area contributed by atoms with E-state index in [2.05, 4.69) is 10.1 Å². The van der Waals surface area contributed by atoms with Crippen LogP contribution in [0, 0.1) is 5.82 Å². The molecule has 0 fully saturated rings. The van der Waals surface area contributed by atoms with Crippen LogP contribution in [0.15, 0.2) is 42.9 Å². The first-order valence-corrected chi connectivity index (χ1v) is 5.96. The molecule has 1 aromatic carbocycles. The van der Waals surface area contributed by atoms with Gasteiger partial charge in [-0.05, 0) is 18.2 Å². The predicted octanol–water partition coefficient (Wildman–Crippen LogP) is 2.23. The van der Waals surface area contributed by atoms with E-state index in [1.165, 1.54) is 12.1 Å². The molecule has 0 saturated carbocycles. The number of pyridine rings is 1. The molecule has 0 aliphatic carbocycles. The van der Waals surface area contributed by atoms with E-state index in [4.69, 9.17) is 5.11 Å². The highest BCUT2D eigenvalue weighted by Gasteiger charge is 2.09. The number of hydrogen-bond acceptors (Lipinski definition) is 3. The van der Waals surface area contributed by atoms with Crippen molar-refractivity contribution in [1.29, 1.82) is 0 Å². The topological polar surface area (TPSA) is 50.9 Å². The van der Waals surface area contributed by atoms with E-state index in [1.807, 2.05) is 6.07 Å². The Bertz CT molecular complexity index is 724. The SMILES string of the molecule is OCCn1cc(-c2cc(F)cc3cccnc23)cn1. The second kappa shape index (κ2) is 4.78. The molecule has 0 radical (unpaired) electrons. The first kappa shape index (κ1) is 11.8. The highest BCUT2D eigenvalue weighted by atomic mass is 19.1. The van der Waals surface area contributed by atoms with Gasteiger partial charge in [0, 0.05) is 28.9 Å². The van der Waals surface area contributed by atoms with Crippen LogP contribution in [0.2, 0.25) is 0 Å². The highest BCUT2D eigenvalue weighted by Crippen LogP contribution is 2.27. The second-order valence-corrected chi connectivity index (χ2v) is 4.24. The summed E-state index contributed by atoms with van der Waals surface area (Å²) in [6, 6.07) is 6.52. The maximum absolute atomic E-state index is 13.6. The van der Waals surface area contributed by atoms with Gasteiger partial charge in [0.25, 0.3) is 0 Å². The molecule has 2 aromatic heterocycles. The fraction of sp³-hybridized carbons (Fsp3) is 0.143. The largest absolute Gasteiger partial charge is 0.394 e. The van der Waals surface area contributed by atoms with Crippen LogP contribution < -0.4 is 0 Å². The van der Waals surface area contributed by atoms with Crippen molar-refractivity contribution in [2.45, 2.75) is 6.54 Å². The molecule has 0 aliphatic heterocycles. The molecule has 0 aliphatic rings. The van der Waals surface area contributed by atoms with Crippen molar-refractivity contribution in [3.63, 3.8) is 0 Å². The van der Waals surface area contributed by atoms with E-state index in [9.17, 15) is 4.39 Å². The lowest BCUT2D eigenvalue weighted by molar-refractivity contribution is 0.269. The molecule has 0 bridgehead atoms. The summed E-state index contributed by atoms with van der Waals surface area (Å²) in [4.78, 5) is 4.30. The fourth-order valence-electron chi connectivity index (χ4n) is 2.10. The van der Waals surface area contributed by atoms with Crippen molar-refractivity contribution in [3.8, 4) is 11.1 Å². The number of hydrogen-bond donors (Lipinski definition) is 1. The molecular weight excluding hydrogens is 245 g/mol. The van der Waals surface area contributed by atoms with Gasteiger partial charge in [-0.25, -0.2) is 4.39 Å². The molecule has 0 spiro atoms. The first-order valence-electron chi connectivity index (χ1n) is 5.96. The van der Waals surface area contributed by atoms with Crippen LogP contribution in [-0.2, 0) is 6.54 Å². The minimum Gasteiger partial charge on any atom is -0.394 e. The smallest absolute Gasteiger partial charge is 0.124 e. The maximum Gasteiger partial charge on any atom is 0.124 e. The molecule has 0 unspecified atom stereocenters. The first-order chi connectivity index (χ1) is 9.28. The minimum absolute atomic E-state index is 0.0171. The third-order valence-corrected chi connectivity index (χ3v) is 2.94. The van der Waals surface area contributed by atoms with Crippen molar-refractivity contribution in [2.24, 2.45) is 0 Å². The van der Waals surface area contributed by atoms with Crippen molar-refractivity contribution < 1.29 is 9.50 Å². The third kappa shape index (κ3) is 2.20. The lowest BCUT2D eigenvalue weighted by Crippen LogP contribution is -2.01. The molecule has 19 heavy (non-hydrogen) atoms. The van der Waals surface area contributed by atoms with Crippen molar-refractivity contribution in [1.82, 2.24) is 14.8 Å². The maximum atomic E-state index is 13.6. The predicted molar refractivity (Wildman–Crippen MR) is 70.0 cm³/mol. The normalized spacial score (nSPS) is 11.1. The number of rotatable bonds is 3. The van der Waals surface area contributed by atoms with Crippen LogP contribution >= 0.6 is 0 Å². The summed E-state index contributed by atoms with van der Waals surface area (Å²) in [5, 5.41) is 13.8. The van der Waals surface area contributed by atoms with Crippen LogP contribution in [0.25, 0.3) is 22.0 Å². The summed E-state index contributed by atoms with van der Waals surface area (Å²) in [6.45, 7) is 0.434. The van der Waals surface area contributed by atoms with Gasteiger partial charge in [0.2, 0.25) is 0 Å². The number of aliphatic hydroxyl groups excluding tert-OH is 1. The number of nitrogens with zero attached hydrogens (tertiary/aromatic N) is 3. The molecule has 2 heterocycles. The molecule has 3 aromatic rings. The number of benzene rings is 1. The van der Waals surface area contributed by atoms with Gasteiger partial charge in [-0.1, -0.05) is 6.07 Å².